The van der Waals surface area contributed by atoms with E-state index in [1.54, 1.807) is 0 Å². The summed E-state index contributed by atoms with van der Waals surface area (Å²) < 4.78 is 21.9. The zero-order chi connectivity index (χ0) is 13.6. The van der Waals surface area contributed by atoms with Crippen LogP contribution in [0.25, 0.3) is 0 Å². The molecule has 0 heterocycles. The summed E-state index contributed by atoms with van der Waals surface area (Å²) in [6.45, 7) is 0.533. The van der Waals surface area contributed by atoms with Crippen LogP contribution in [0.5, 0.6) is 0 Å². The first-order valence-electron chi connectivity index (χ1n) is 6.42. The van der Waals surface area contributed by atoms with Crippen molar-refractivity contribution in [3.63, 3.8) is 0 Å². The molecule has 1 fully saturated rings. The number of sulfone groups is 1. The Kier molecular flexibility index (Phi) is 5.59. The van der Waals surface area contributed by atoms with Crippen molar-refractivity contribution in [1.82, 2.24) is 5.32 Å². The van der Waals surface area contributed by atoms with Gasteiger partial charge in [-0.1, -0.05) is 19.3 Å². The smallest absolute Gasteiger partial charge is 0.221 e. The Morgan fingerprint density at radius 2 is 1.89 bits per heavy atom. The van der Waals surface area contributed by atoms with Crippen molar-refractivity contribution in [2.45, 2.75) is 38.5 Å². The van der Waals surface area contributed by atoms with Crippen LogP contribution in [0.3, 0.4) is 0 Å². The van der Waals surface area contributed by atoms with Gasteiger partial charge in [0.2, 0.25) is 5.91 Å². The fourth-order valence-electron chi connectivity index (χ4n) is 2.35. The van der Waals surface area contributed by atoms with Crippen LogP contribution in [0.1, 0.15) is 38.5 Å². The second-order valence-electron chi connectivity index (χ2n) is 5.38. The first kappa shape index (κ1) is 15.4. The highest BCUT2D eigenvalue weighted by Crippen LogP contribution is 2.35. The molecule has 1 aliphatic carbocycles. The molecule has 6 heteroatoms. The van der Waals surface area contributed by atoms with Gasteiger partial charge in [-0.15, -0.1) is 0 Å². The van der Waals surface area contributed by atoms with Crippen molar-refractivity contribution >= 4 is 15.7 Å². The van der Waals surface area contributed by atoms with E-state index in [-0.39, 0.29) is 30.1 Å². The summed E-state index contributed by atoms with van der Waals surface area (Å²) in [5.74, 6) is -0.371. The predicted molar refractivity (Wildman–Crippen MR) is 69.9 cm³/mol. The van der Waals surface area contributed by atoms with Gasteiger partial charge in [0.1, 0.15) is 9.84 Å². The third-order valence-electron chi connectivity index (χ3n) is 3.61. The molecule has 0 aliphatic heterocycles. The van der Waals surface area contributed by atoms with Crippen molar-refractivity contribution in [2.24, 2.45) is 5.41 Å². The van der Waals surface area contributed by atoms with Crippen molar-refractivity contribution in [1.29, 1.82) is 0 Å². The Balaban J connectivity index is 2.36. The number of rotatable bonds is 6. The van der Waals surface area contributed by atoms with E-state index in [9.17, 15) is 18.3 Å². The second kappa shape index (κ2) is 6.52. The van der Waals surface area contributed by atoms with Crippen molar-refractivity contribution in [3.05, 3.63) is 0 Å². The number of aliphatic hydroxyl groups excluding tert-OH is 1. The van der Waals surface area contributed by atoms with Gasteiger partial charge in [-0.25, -0.2) is 8.42 Å². The molecule has 1 aliphatic rings. The molecule has 0 spiro atoms. The van der Waals surface area contributed by atoms with Gasteiger partial charge in [0.15, 0.2) is 0 Å². The molecule has 0 aromatic carbocycles. The summed E-state index contributed by atoms with van der Waals surface area (Å²) in [5, 5.41) is 12.2. The first-order chi connectivity index (χ1) is 8.37. The zero-order valence-corrected chi connectivity index (χ0v) is 11.8. The topological polar surface area (TPSA) is 83.5 Å². The molecule has 18 heavy (non-hydrogen) atoms. The number of carbonyl (C=O) groups excluding carboxylic acids is 1. The molecule has 1 saturated carbocycles. The van der Waals surface area contributed by atoms with Crippen molar-refractivity contribution in [2.75, 3.05) is 25.2 Å². The molecule has 1 amide bonds. The maximum atomic E-state index is 11.5. The number of hydrogen-bond acceptors (Lipinski definition) is 4. The fraction of sp³-hybridized carbons (Fsp3) is 0.917. The van der Waals surface area contributed by atoms with E-state index in [4.69, 9.17) is 0 Å². The van der Waals surface area contributed by atoms with Crippen LogP contribution < -0.4 is 5.32 Å². The lowest BCUT2D eigenvalue weighted by molar-refractivity contribution is -0.121. The highest BCUT2D eigenvalue weighted by molar-refractivity contribution is 7.90. The summed E-state index contributed by atoms with van der Waals surface area (Å²) in [4.78, 5) is 11.5. The minimum Gasteiger partial charge on any atom is -0.396 e. The lowest BCUT2D eigenvalue weighted by atomic mass is 9.74. The van der Waals surface area contributed by atoms with Crippen LogP contribution in [0.4, 0.5) is 0 Å². The Bertz CT molecular complexity index is 372. The third-order valence-corrected chi connectivity index (χ3v) is 4.56. The van der Waals surface area contributed by atoms with Gasteiger partial charge in [0, 0.05) is 24.6 Å². The van der Waals surface area contributed by atoms with E-state index >= 15 is 0 Å². The largest absolute Gasteiger partial charge is 0.396 e. The molecule has 0 radical (unpaired) electrons. The van der Waals surface area contributed by atoms with Gasteiger partial charge < -0.3 is 10.4 Å². The van der Waals surface area contributed by atoms with E-state index in [1.807, 2.05) is 0 Å². The summed E-state index contributed by atoms with van der Waals surface area (Å²) >= 11 is 0. The summed E-state index contributed by atoms with van der Waals surface area (Å²) in [5.41, 5.74) is -0.195. The number of carbonyl (C=O) groups is 1. The number of nitrogens with one attached hydrogen (secondary N) is 1. The monoisotopic (exact) mass is 277 g/mol. The Morgan fingerprint density at radius 3 is 2.39 bits per heavy atom. The van der Waals surface area contributed by atoms with Crippen LogP contribution in [-0.4, -0.2) is 44.6 Å². The lowest BCUT2D eigenvalue weighted by Gasteiger charge is -2.35. The van der Waals surface area contributed by atoms with Crippen molar-refractivity contribution < 1.29 is 18.3 Å². The number of aliphatic hydroxyl groups is 1. The molecule has 0 aromatic heterocycles. The minimum atomic E-state index is -3.09. The molecule has 106 valence electrons. The second-order valence-corrected chi connectivity index (χ2v) is 7.64. The fourth-order valence-corrected chi connectivity index (χ4v) is 2.90. The molecule has 0 saturated heterocycles. The average molecular weight is 277 g/mol. The van der Waals surface area contributed by atoms with E-state index in [1.165, 1.54) is 6.42 Å². The standard InChI is InChI=1S/C12H23NO4S/c1-18(16,17)8-5-11(15)13-9-12(10-14)6-3-2-4-7-12/h14H,2-10H2,1H3,(H,13,15). The van der Waals surface area contributed by atoms with Crippen LogP contribution in [-0.2, 0) is 14.6 Å². The molecule has 0 unspecified atom stereocenters. The Hall–Kier alpha value is -0.620. The van der Waals surface area contributed by atoms with E-state index in [0.717, 1.165) is 31.9 Å². The van der Waals surface area contributed by atoms with Crippen LogP contribution in [0.2, 0.25) is 0 Å². The average Bonchev–Trinajstić information content (AvgIpc) is 2.34. The zero-order valence-electron chi connectivity index (χ0n) is 10.9. The van der Waals surface area contributed by atoms with Crippen molar-refractivity contribution in [3.8, 4) is 0 Å². The van der Waals surface area contributed by atoms with Gasteiger partial charge >= 0.3 is 0 Å². The molecule has 0 atom stereocenters. The minimum absolute atomic E-state index is 0.000339. The van der Waals surface area contributed by atoms with Crippen LogP contribution in [0.15, 0.2) is 0 Å². The highest BCUT2D eigenvalue weighted by Gasteiger charge is 2.31. The molecular weight excluding hydrogens is 254 g/mol. The van der Waals surface area contributed by atoms with Crippen LogP contribution in [0, 0.1) is 5.41 Å². The number of hydrogen-bond donors (Lipinski definition) is 2. The molecular formula is C12H23NO4S. The predicted octanol–water partition coefficient (Wildman–Crippen LogP) is 0.480. The van der Waals surface area contributed by atoms with Crippen LogP contribution >= 0.6 is 0 Å². The van der Waals surface area contributed by atoms with Gasteiger partial charge in [-0.3, -0.25) is 4.79 Å². The maximum Gasteiger partial charge on any atom is 0.221 e. The Labute approximate surface area is 109 Å². The number of amides is 1. The SMILES string of the molecule is CS(=O)(=O)CCC(=O)NCC1(CO)CCCCC1. The maximum absolute atomic E-state index is 11.5. The molecule has 0 bridgehead atoms. The normalized spacial score (nSPS) is 19.4. The van der Waals surface area contributed by atoms with E-state index < -0.39 is 9.84 Å². The Morgan fingerprint density at radius 1 is 1.28 bits per heavy atom. The quantitative estimate of drug-likeness (QED) is 0.739. The van der Waals surface area contributed by atoms with Gasteiger partial charge in [0.05, 0.1) is 12.4 Å². The molecule has 5 nitrogen and oxygen atoms in total. The molecule has 1 rings (SSSR count). The van der Waals surface area contributed by atoms with Gasteiger partial charge in [-0.2, -0.15) is 0 Å². The van der Waals surface area contributed by atoms with E-state index in [2.05, 4.69) is 5.32 Å². The highest BCUT2D eigenvalue weighted by atomic mass is 32.2. The molecule has 0 aromatic rings. The lowest BCUT2D eigenvalue weighted by Crippen LogP contribution is -2.41. The third kappa shape index (κ3) is 5.35. The molecule has 2 N–H and O–H groups in total. The first-order valence-corrected chi connectivity index (χ1v) is 8.48. The van der Waals surface area contributed by atoms with Gasteiger partial charge in [0.25, 0.3) is 0 Å². The van der Waals surface area contributed by atoms with Gasteiger partial charge in [-0.05, 0) is 12.8 Å². The summed E-state index contributed by atoms with van der Waals surface area (Å²) in [7, 11) is -3.09. The summed E-state index contributed by atoms with van der Waals surface area (Å²) in [6, 6.07) is 0. The van der Waals surface area contributed by atoms with E-state index in [0.29, 0.717) is 6.54 Å². The summed E-state index contributed by atoms with van der Waals surface area (Å²) in [6.07, 6.45) is 6.33.